The number of carbonyl (C=O) groups is 2. The maximum Gasteiger partial charge on any atom is 0.223 e. The van der Waals surface area contributed by atoms with E-state index in [0.717, 1.165) is 22.4 Å². The van der Waals surface area contributed by atoms with Crippen LogP contribution < -0.4 is 5.32 Å². The summed E-state index contributed by atoms with van der Waals surface area (Å²) in [5.41, 5.74) is 3.73. The van der Waals surface area contributed by atoms with E-state index in [4.69, 9.17) is 11.6 Å². The van der Waals surface area contributed by atoms with Crippen LogP contribution in [-0.4, -0.2) is 16.7 Å². The number of carbonyl (C=O) groups excluding carboxylic acids is 2. The predicted molar refractivity (Wildman–Crippen MR) is 126 cm³/mol. The minimum Gasteiger partial charge on any atom is -0.332 e. The van der Waals surface area contributed by atoms with Gasteiger partial charge in [-0.25, -0.2) is 0 Å². The van der Waals surface area contributed by atoms with E-state index in [1.165, 1.54) is 6.92 Å². The van der Waals surface area contributed by atoms with Crippen LogP contribution in [0.1, 0.15) is 43.0 Å². The minimum atomic E-state index is -0.160. The zero-order valence-corrected chi connectivity index (χ0v) is 18.6. The number of nitrogens with one attached hydrogen (secondary N) is 1. The molecule has 0 bridgehead atoms. The molecule has 0 saturated heterocycles. The summed E-state index contributed by atoms with van der Waals surface area (Å²) in [6.45, 7) is 4.01. The third-order valence-corrected chi connectivity index (χ3v) is 5.61. The fourth-order valence-electron chi connectivity index (χ4n) is 3.57. The Hall–Kier alpha value is -3.11. The molecule has 3 aromatic carbocycles. The van der Waals surface area contributed by atoms with Crippen LogP contribution in [0, 0.1) is 0 Å². The van der Waals surface area contributed by atoms with Crippen molar-refractivity contribution in [1.29, 1.82) is 0 Å². The average Bonchev–Trinajstić information content (AvgIpc) is 2.77. The normalized spacial score (nSPS) is 11.6. The molecule has 1 atom stereocenters. The molecule has 0 fully saturated rings. The van der Waals surface area contributed by atoms with Gasteiger partial charge in [0.05, 0.1) is 6.04 Å². The maximum atomic E-state index is 13.3. The number of nitrogens with zero attached hydrogens (tertiary/aromatic N) is 1. The number of benzene rings is 3. The third kappa shape index (κ3) is 6.43. The summed E-state index contributed by atoms with van der Waals surface area (Å²) in [4.78, 5) is 26.6. The molecule has 3 rings (SSSR count). The first-order valence-electron chi connectivity index (χ1n) is 10.4. The second-order valence-corrected chi connectivity index (χ2v) is 7.99. The first kappa shape index (κ1) is 22.6. The van der Waals surface area contributed by atoms with Crippen molar-refractivity contribution < 1.29 is 9.59 Å². The average molecular weight is 435 g/mol. The van der Waals surface area contributed by atoms with Gasteiger partial charge >= 0.3 is 0 Å². The molecule has 0 spiro atoms. The zero-order valence-electron chi connectivity index (χ0n) is 17.8. The van der Waals surface area contributed by atoms with Gasteiger partial charge in [-0.1, -0.05) is 72.3 Å². The van der Waals surface area contributed by atoms with E-state index in [0.29, 0.717) is 24.4 Å². The van der Waals surface area contributed by atoms with Crippen LogP contribution in [0.25, 0.3) is 0 Å². The van der Waals surface area contributed by atoms with Crippen molar-refractivity contribution in [2.24, 2.45) is 0 Å². The molecular formula is C26H27ClN2O2. The molecule has 1 unspecified atom stereocenters. The standard InChI is InChI=1S/C26H27ClN2O2/c1-19(23-12-8-13-24(17-23)28-20(2)30)29(18-21-9-4-3-5-10-21)26(31)16-15-22-11-6-7-14-25(22)27/h3-14,17,19H,15-16,18H2,1-2H3,(H,28,30). The second kappa shape index (κ2) is 10.8. The Morgan fingerprint density at radius 3 is 2.39 bits per heavy atom. The van der Waals surface area contributed by atoms with Crippen LogP contribution in [0.3, 0.4) is 0 Å². The molecule has 0 saturated carbocycles. The highest BCUT2D eigenvalue weighted by molar-refractivity contribution is 6.31. The van der Waals surface area contributed by atoms with Crippen LogP contribution in [0.15, 0.2) is 78.9 Å². The van der Waals surface area contributed by atoms with Gasteiger partial charge in [-0.2, -0.15) is 0 Å². The van der Waals surface area contributed by atoms with Crippen molar-refractivity contribution in [3.63, 3.8) is 0 Å². The molecule has 0 radical (unpaired) electrons. The van der Waals surface area contributed by atoms with Crippen LogP contribution in [-0.2, 0) is 22.6 Å². The van der Waals surface area contributed by atoms with Crippen molar-refractivity contribution >= 4 is 29.1 Å². The maximum absolute atomic E-state index is 13.3. The molecule has 3 aromatic rings. The molecular weight excluding hydrogens is 408 g/mol. The predicted octanol–water partition coefficient (Wildman–Crippen LogP) is 6.02. The topological polar surface area (TPSA) is 49.4 Å². The molecule has 0 aliphatic heterocycles. The lowest BCUT2D eigenvalue weighted by atomic mass is 10.0. The summed E-state index contributed by atoms with van der Waals surface area (Å²) in [7, 11) is 0. The summed E-state index contributed by atoms with van der Waals surface area (Å²) in [6, 6.07) is 25.1. The number of amides is 2. The van der Waals surface area contributed by atoms with Gasteiger partial charge in [-0.05, 0) is 48.2 Å². The lowest BCUT2D eigenvalue weighted by Gasteiger charge is -2.30. The summed E-state index contributed by atoms with van der Waals surface area (Å²) in [6.07, 6.45) is 0.953. The molecule has 0 aliphatic rings. The summed E-state index contributed by atoms with van der Waals surface area (Å²) < 4.78 is 0. The highest BCUT2D eigenvalue weighted by Crippen LogP contribution is 2.26. The molecule has 5 heteroatoms. The van der Waals surface area contributed by atoms with Crippen LogP contribution in [0.2, 0.25) is 5.02 Å². The van der Waals surface area contributed by atoms with E-state index >= 15 is 0 Å². The molecule has 0 aromatic heterocycles. The number of hydrogen-bond donors (Lipinski definition) is 1. The Labute approximate surface area is 188 Å². The summed E-state index contributed by atoms with van der Waals surface area (Å²) >= 11 is 6.28. The van der Waals surface area contributed by atoms with Gasteiger partial charge in [0.25, 0.3) is 0 Å². The van der Waals surface area contributed by atoms with E-state index in [1.54, 1.807) is 0 Å². The summed E-state index contributed by atoms with van der Waals surface area (Å²) in [5, 5.41) is 3.50. The number of anilines is 1. The fourth-order valence-corrected chi connectivity index (χ4v) is 3.80. The molecule has 31 heavy (non-hydrogen) atoms. The number of halogens is 1. The number of hydrogen-bond acceptors (Lipinski definition) is 2. The third-order valence-electron chi connectivity index (χ3n) is 5.24. The lowest BCUT2D eigenvalue weighted by Crippen LogP contribution is -2.33. The Balaban J connectivity index is 1.82. The lowest BCUT2D eigenvalue weighted by molar-refractivity contribution is -0.134. The molecule has 0 heterocycles. The van der Waals surface area contributed by atoms with Gasteiger partial charge in [0, 0.05) is 30.6 Å². The minimum absolute atomic E-state index is 0.0567. The zero-order chi connectivity index (χ0) is 22.2. The van der Waals surface area contributed by atoms with Gasteiger partial charge in [-0.3, -0.25) is 9.59 Å². The molecule has 160 valence electrons. The highest BCUT2D eigenvalue weighted by atomic mass is 35.5. The first-order chi connectivity index (χ1) is 14.9. The van der Waals surface area contributed by atoms with Crippen molar-refractivity contribution in [3.8, 4) is 0 Å². The van der Waals surface area contributed by atoms with Crippen molar-refractivity contribution in [1.82, 2.24) is 4.90 Å². The van der Waals surface area contributed by atoms with Crippen LogP contribution >= 0.6 is 11.6 Å². The van der Waals surface area contributed by atoms with Gasteiger partial charge < -0.3 is 10.2 Å². The van der Waals surface area contributed by atoms with Gasteiger partial charge in [-0.15, -0.1) is 0 Å². The van der Waals surface area contributed by atoms with Crippen molar-refractivity contribution in [3.05, 3.63) is 101 Å². The van der Waals surface area contributed by atoms with E-state index in [9.17, 15) is 9.59 Å². The molecule has 0 aliphatic carbocycles. The van der Waals surface area contributed by atoms with Gasteiger partial charge in [0.1, 0.15) is 0 Å². The Bertz CT molecular complexity index is 1040. The van der Waals surface area contributed by atoms with Crippen molar-refractivity contribution in [2.75, 3.05) is 5.32 Å². The van der Waals surface area contributed by atoms with E-state index in [1.807, 2.05) is 90.7 Å². The molecule has 4 nitrogen and oxygen atoms in total. The summed E-state index contributed by atoms with van der Waals surface area (Å²) in [5.74, 6) is -0.0667. The van der Waals surface area contributed by atoms with Crippen LogP contribution in [0.5, 0.6) is 0 Å². The second-order valence-electron chi connectivity index (χ2n) is 7.58. The highest BCUT2D eigenvalue weighted by Gasteiger charge is 2.22. The number of aryl methyl sites for hydroxylation is 1. The Kier molecular flexibility index (Phi) is 7.85. The van der Waals surface area contributed by atoms with Crippen molar-refractivity contribution in [2.45, 2.75) is 39.3 Å². The molecule has 2 amide bonds. The largest absolute Gasteiger partial charge is 0.332 e. The van der Waals surface area contributed by atoms with Gasteiger partial charge in [0.2, 0.25) is 11.8 Å². The fraction of sp³-hybridized carbons (Fsp3) is 0.231. The van der Waals surface area contributed by atoms with E-state index in [2.05, 4.69) is 5.32 Å². The molecule has 1 N–H and O–H groups in total. The Morgan fingerprint density at radius 1 is 0.968 bits per heavy atom. The Morgan fingerprint density at radius 2 is 1.68 bits per heavy atom. The van der Waals surface area contributed by atoms with Crippen LogP contribution in [0.4, 0.5) is 5.69 Å². The smallest absolute Gasteiger partial charge is 0.223 e. The number of rotatable bonds is 8. The van der Waals surface area contributed by atoms with E-state index < -0.39 is 0 Å². The SMILES string of the molecule is CC(=O)Nc1cccc(C(C)N(Cc2ccccc2)C(=O)CCc2ccccc2Cl)c1. The van der Waals surface area contributed by atoms with Gasteiger partial charge in [0.15, 0.2) is 0 Å². The monoisotopic (exact) mass is 434 g/mol. The quantitative estimate of drug-likeness (QED) is 0.471. The van der Waals surface area contributed by atoms with E-state index in [-0.39, 0.29) is 17.9 Å². The first-order valence-corrected chi connectivity index (χ1v) is 10.8.